The van der Waals surface area contributed by atoms with E-state index in [1.54, 1.807) is 12.1 Å². The van der Waals surface area contributed by atoms with Gasteiger partial charge in [-0.1, -0.05) is 12.1 Å². The van der Waals surface area contributed by atoms with E-state index < -0.39 is 0 Å². The standard InChI is InChI=1S/C13H18FN3O/c14-11-3-1-2-10(8-11)9-16-13(18)17-12-4-6-15-7-5-12/h1-3,8,12,15H,4-7,9H2,(H2,16,17,18). The Bertz CT molecular complexity index is 405. The molecule has 0 spiro atoms. The maximum Gasteiger partial charge on any atom is 0.315 e. The smallest absolute Gasteiger partial charge is 0.315 e. The van der Waals surface area contributed by atoms with Crippen molar-refractivity contribution < 1.29 is 9.18 Å². The van der Waals surface area contributed by atoms with Crippen LogP contribution in [0.2, 0.25) is 0 Å². The van der Waals surface area contributed by atoms with Gasteiger partial charge in [0.25, 0.3) is 0 Å². The van der Waals surface area contributed by atoms with Gasteiger partial charge in [-0.15, -0.1) is 0 Å². The first-order valence-electron chi connectivity index (χ1n) is 6.23. The first kappa shape index (κ1) is 12.8. The van der Waals surface area contributed by atoms with E-state index in [2.05, 4.69) is 16.0 Å². The zero-order chi connectivity index (χ0) is 12.8. The number of urea groups is 1. The fourth-order valence-electron chi connectivity index (χ4n) is 2.03. The number of carbonyl (C=O) groups excluding carboxylic acids is 1. The van der Waals surface area contributed by atoms with E-state index in [0.717, 1.165) is 31.5 Å². The van der Waals surface area contributed by atoms with Crippen LogP contribution in [0.1, 0.15) is 18.4 Å². The van der Waals surface area contributed by atoms with E-state index >= 15 is 0 Å². The highest BCUT2D eigenvalue weighted by Gasteiger charge is 2.14. The molecule has 0 bridgehead atoms. The quantitative estimate of drug-likeness (QED) is 0.760. The molecule has 0 radical (unpaired) electrons. The van der Waals surface area contributed by atoms with E-state index in [4.69, 9.17) is 0 Å². The van der Waals surface area contributed by atoms with E-state index in [-0.39, 0.29) is 17.9 Å². The van der Waals surface area contributed by atoms with Crippen LogP contribution >= 0.6 is 0 Å². The molecule has 2 rings (SSSR count). The summed E-state index contributed by atoms with van der Waals surface area (Å²) in [5.74, 6) is -0.284. The molecule has 18 heavy (non-hydrogen) atoms. The predicted octanol–water partition coefficient (Wildman–Crippen LogP) is 1.38. The minimum Gasteiger partial charge on any atom is -0.335 e. The normalized spacial score (nSPS) is 16.3. The maximum atomic E-state index is 12.9. The van der Waals surface area contributed by atoms with Crippen molar-refractivity contribution in [1.29, 1.82) is 0 Å². The minimum absolute atomic E-state index is 0.189. The fourth-order valence-corrected chi connectivity index (χ4v) is 2.03. The summed E-state index contributed by atoms with van der Waals surface area (Å²) in [6, 6.07) is 6.28. The predicted molar refractivity (Wildman–Crippen MR) is 67.7 cm³/mol. The molecular formula is C13H18FN3O. The van der Waals surface area contributed by atoms with Crippen LogP contribution < -0.4 is 16.0 Å². The molecule has 0 saturated carbocycles. The average Bonchev–Trinajstić information content (AvgIpc) is 2.38. The van der Waals surface area contributed by atoms with Gasteiger partial charge in [0, 0.05) is 12.6 Å². The van der Waals surface area contributed by atoms with Gasteiger partial charge >= 0.3 is 6.03 Å². The molecule has 1 saturated heterocycles. The van der Waals surface area contributed by atoms with Gasteiger partial charge in [-0.05, 0) is 43.6 Å². The molecule has 98 valence electrons. The molecule has 0 aromatic heterocycles. The van der Waals surface area contributed by atoms with Crippen molar-refractivity contribution in [2.24, 2.45) is 0 Å². The molecule has 1 aromatic carbocycles. The third-order valence-electron chi connectivity index (χ3n) is 3.02. The topological polar surface area (TPSA) is 53.2 Å². The van der Waals surface area contributed by atoms with Crippen LogP contribution in [0.3, 0.4) is 0 Å². The zero-order valence-electron chi connectivity index (χ0n) is 10.2. The average molecular weight is 251 g/mol. The third kappa shape index (κ3) is 4.00. The molecular weight excluding hydrogens is 233 g/mol. The SMILES string of the molecule is O=C(NCc1cccc(F)c1)NC1CCNCC1. The molecule has 1 aromatic rings. The summed E-state index contributed by atoms with van der Waals surface area (Å²) >= 11 is 0. The molecule has 3 N–H and O–H groups in total. The lowest BCUT2D eigenvalue weighted by Crippen LogP contribution is -2.46. The second kappa shape index (κ2) is 6.35. The van der Waals surface area contributed by atoms with Crippen LogP contribution in [0.5, 0.6) is 0 Å². The Hall–Kier alpha value is -1.62. The Morgan fingerprint density at radius 2 is 2.17 bits per heavy atom. The molecule has 5 heteroatoms. The van der Waals surface area contributed by atoms with Gasteiger partial charge in [0.15, 0.2) is 0 Å². The van der Waals surface area contributed by atoms with Crippen molar-refractivity contribution in [1.82, 2.24) is 16.0 Å². The second-order valence-corrected chi connectivity index (χ2v) is 4.48. The molecule has 1 fully saturated rings. The summed E-state index contributed by atoms with van der Waals surface area (Å²) in [6.45, 7) is 2.22. The lowest BCUT2D eigenvalue weighted by Gasteiger charge is -2.23. The number of hydrogen-bond acceptors (Lipinski definition) is 2. The molecule has 1 aliphatic heterocycles. The number of hydrogen-bond donors (Lipinski definition) is 3. The summed E-state index contributed by atoms with van der Waals surface area (Å²) < 4.78 is 12.9. The minimum atomic E-state index is -0.284. The number of benzene rings is 1. The Labute approximate surface area is 106 Å². The van der Waals surface area contributed by atoms with Crippen LogP contribution in [0.25, 0.3) is 0 Å². The summed E-state index contributed by atoms with van der Waals surface area (Å²) in [5, 5.41) is 8.89. The highest BCUT2D eigenvalue weighted by molar-refractivity contribution is 5.74. The van der Waals surface area contributed by atoms with Crippen LogP contribution in [0, 0.1) is 5.82 Å². The lowest BCUT2D eigenvalue weighted by molar-refractivity contribution is 0.233. The Kier molecular flexibility index (Phi) is 4.52. The van der Waals surface area contributed by atoms with Gasteiger partial charge in [0.1, 0.15) is 5.82 Å². The number of amides is 2. The molecule has 4 nitrogen and oxygen atoms in total. The van der Waals surface area contributed by atoms with Gasteiger partial charge in [0.2, 0.25) is 0 Å². The monoisotopic (exact) mass is 251 g/mol. The van der Waals surface area contributed by atoms with Gasteiger partial charge in [0.05, 0.1) is 0 Å². The first-order valence-corrected chi connectivity index (χ1v) is 6.23. The zero-order valence-corrected chi connectivity index (χ0v) is 10.2. The largest absolute Gasteiger partial charge is 0.335 e. The van der Waals surface area contributed by atoms with Gasteiger partial charge in [-0.2, -0.15) is 0 Å². The molecule has 0 atom stereocenters. The number of halogens is 1. The highest BCUT2D eigenvalue weighted by Crippen LogP contribution is 2.04. The van der Waals surface area contributed by atoms with Crippen LogP contribution in [-0.4, -0.2) is 25.2 Å². The Morgan fingerprint density at radius 1 is 1.39 bits per heavy atom. The van der Waals surface area contributed by atoms with Gasteiger partial charge < -0.3 is 16.0 Å². The van der Waals surface area contributed by atoms with Gasteiger partial charge in [-0.3, -0.25) is 0 Å². The van der Waals surface area contributed by atoms with Crippen molar-refractivity contribution in [3.63, 3.8) is 0 Å². The summed E-state index contributed by atoms with van der Waals surface area (Å²) in [7, 11) is 0. The fraction of sp³-hybridized carbons (Fsp3) is 0.462. The highest BCUT2D eigenvalue weighted by atomic mass is 19.1. The number of nitrogens with one attached hydrogen (secondary N) is 3. The Balaban J connectivity index is 1.74. The van der Waals surface area contributed by atoms with Crippen molar-refractivity contribution >= 4 is 6.03 Å². The van der Waals surface area contributed by atoms with Crippen LogP contribution in [0.4, 0.5) is 9.18 Å². The van der Waals surface area contributed by atoms with Crippen molar-refractivity contribution in [3.8, 4) is 0 Å². The number of piperidine rings is 1. The molecule has 1 heterocycles. The van der Waals surface area contributed by atoms with Crippen molar-refractivity contribution in [2.45, 2.75) is 25.4 Å². The second-order valence-electron chi connectivity index (χ2n) is 4.48. The summed E-state index contributed by atoms with van der Waals surface area (Å²) in [6.07, 6.45) is 1.90. The first-order chi connectivity index (χ1) is 8.74. The number of carbonyl (C=O) groups is 1. The summed E-state index contributed by atoms with van der Waals surface area (Å²) in [5.41, 5.74) is 0.760. The number of rotatable bonds is 3. The van der Waals surface area contributed by atoms with E-state index in [1.165, 1.54) is 12.1 Å². The van der Waals surface area contributed by atoms with Crippen molar-refractivity contribution in [2.75, 3.05) is 13.1 Å². The Morgan fingerprint density at radius 3 is 2.89 bits per heavy atom. The van der Waals surface area contributed by atoms with Crippen LogP contribution in [0.15, 0.2) is 24.3 Å². The van der Waals surface area contributed by atoms with Crippen LogP contribution in [-0.2, 0) is 6.54 Å². The van der Waals surface area contributed by atoms with E-state index in [9.17, 15) is 9.18 Å². The summed E-state index contributed by atoms with van der Waals surface area (Å²) in [4.78, 5) is 11.6. The third-order valence-corrected chi connectivity index (χ3v) is 3.02. The van der Waals surface area contributed by atoms with E-state index in [1.807, 2.05) is 0 Å². The van der Waals surface area contributed by atoms with Crippen molar-refractivity contribution in [3.05, 3.63) is 35.6 Å². The molecule has 0 aliphatic carbocycles. The molecule has 2 amide bonds. The van der Waals surface area contributed by atoms with Gasteiger partial charge in [-0.25, -0.2) is 9.18 Å². The van der Waals surface area contributed by atoms with E-state index in [0.29, 0.717) is 6.54 Å². The lowest BCUT2D eigenvalue weighted by atomic mass is 10.1. The molecule has 0 unspecified atom stereocenters. The molecule has 1 aliphatic rings. The maximum absolute atomic E-state index is 12.9.